The maximum Gasteiger partial charge on any atom is 0.245 e. The van der Waals surface area contributed by atoms with Gasteiger partial charge in [-0.2, -0.15) is 0 Å². The Labute approximate surface area is 158 Å². The first-order valence-corrected chi connectivity index (χ1v) is 7.41. The highest BCUT2D eigenvalue weighted by Crippen LogP contribution is 2.34. The summed E-state index contributed by atoms with van der Waals surface area (Å²) in [5, 5.41) is 2.72. The van der Waals surface area contributed by atoms with Gasteiger partial charge in [0.2, 0.25) is 5.91 Å². The number of fused-ring (bicyclic) bond motifs is 1. The van der Waals surface area contributed by atoms with Crippen LogP contribution in [0, 0.1) is 0 Å². The number of nitrogens with one attached hydrogen (secondary N) is 1. The van der Waals surface area contributed by atoms with Crippen LogP contribution in [0.15, 0.2) is 36.4 Å². The molecule has 2 aromatic rings. The number of amides is 1. The lowest BCUT2D eigenvalue weighted by Gasteiger charge is -2.19. The lowest BCUT2D eigenvalue weighted by molar-refractivity contribution is -0.120. The minimum atomic E-state index is -0.964. The molecule has 6 nitrogen and oxygen atoms in total. The number of nitrogens with zero attached hydrogens (tertiary/aromatic N) is 1. The van der Waals surface area contributed by atoms with Crippen molar-refractivity contribution < 1.29 is 14.3 Å². The van der Waals surface area contributed by atoms with Crippen molar-refractivity contribution in [3.63, 3.8) is 0 Å². The van der Waals surface area contributed by atoms with Crippen LogP contribution in [0.25, 0.3) is 11.3 Å². The summed E-state index contributed by atoms with van der Waals surface area (Å²) in [5.41, 5.74) is 6.44. The van der Waals surface area contributed by atoms with Gasteiger partial charge in [0, 0.05) is 5.56 Å². The van der Waals surface area contributed by atoms with Crippen LogP contribution in [0.4, 0.5) is 5.82 Å². The van der Waals surface area contributed by atoms with E-state index in [4.69, 9.17) is 15.2 Å². The third-order valence-corrected chi connectivity index (χ3v) is 3.41. The third kappa shape index (κ3) is 4.98. The van der Waals surface area contributed by atoms with Gasteiger partial charge in [-0.15, -0.1) is 24.8 Å². The van der Waals surface area contributed by atoms with Gasteiger partial charge >= 0.3 is 0 Å². The van der Waals surface area contributed by atoms with E-state index < -0.39 is 5.54 Å². The van der Waals surface area contributed by atoms with Gasteiger partial charge in [-0.3, -0.25) is 4.79 Å². The van der Waals surface area contributed by atoms with Gasteiger partial charge in [0.25, 0.3) is 0 Å². The Balaban J connectivity index is 0.00000156. The van der Waals surface area contributed by atoms with Crippen molar-refractivity contribution in [1.82, 2.24) is 4.98 Å². The number of benzene rings is 1. The van der Waals surface area contributed by atoms with Crippen molar-refractivity contribution in [3.8, 4) is 22.8 Å². The summed E-state index contributed by atoms with van der Waals surface area (Å²) < 4.78 is 11.1. The molecule has 0 unspecified atom stereocenters. The molecule has 1 amide bonds. The van der Waals surface area contributed by atoms with Gasteiger partial charge < -0.3 is 20.5 Å². The quantitative estimate of drug-likeness (QED) is 0.847. The maximum atomic E-state index is 12.0. The van der Waals surface area contributed by atoms with Crippen LogP contribution in [0.5, 0.6) is 11.5 Å². The SMILES string of the molecule is CC(C)(N)C(=O)Nc1cccc(-c2ccc3c(c2)OCCO3)n1.Cl.Cl. The zero-order valence-corrected chi connectivity index (χ0v) is 15.6. The third-order valence-electron chi connectivity index (χ3n) is 3.41. The van der Waals surface area contributed by atoms with Crippen LogP contribution in [0.1, 0.15) is 13.8 Å². The Hall–Kier alpha value is -2.02. The summed E-state index contributed by atoms with van der Waals surface area (Å²) in [6.45, 7) is 4.38. The van der Waals surface area contributed by atoms with E-state index in [0.717, 1.165) is 17.0 Å². The monoisotopic (exact) mass is 385 g/mol. The predicted octanol–water partition coefficient (Wildman–Crippen LogP) is 3.04. The highest BCUT2D eigenvalue weighted by Gasteiger charge is 2.22. The first kappa shape index (κ1) is 21.0. The van der Waals surface area contributed by atoms with E-state index in [-0.39, 0.29) is 30.7 Å². The molecular formula is C17H21Cl2N3O3. The van der Waals surface area contributed by atoms with Crippen molar-refractivity contribution in [2.45, 2.75) is 19.4 Å². The zero-order valence-electron chi connectivity index (χ0n) is 13.9. The van der Waals surface area contributed by atoms with Crippen molar-refractivity contribution in [3.05, 3.63) is 36.4 Å². The summed E-state index contributed by atoms with van der Waals surface area (Å²) in [6.07, 6.45) is 0. The minimum Gasteiger partial charge on any atom is -0.486 e. The molecule has 0 bridgehead atoms. The number of hydrogen-bond donors (Lipinski definition) is 2. The van der Waals surface area contributed by atoms with E-state index in [1.54, 1.807) is 19.9 Å². The molecule has 0 spiro atoms. The number of anilines is 1. The van der Waals surface area contributed by atoms with Crippen LogP contribution in [0.2, 0.25) is 0 Å². The Kier molecular flexibility index (Phi) is 7.05. The van der Waals surface area contributed by atoms with E-state index in [2.05, 4.69) is 10.3 Å². The number of rotatable bonds is 3. The van der Waals surface area contributed by atoms with Gasteiger partial charge in [0.15, 0.2) is 11.5 Å². The van der Waals surface area contributed by atoms with Gasteiger partial charge in [-0.1, -0.05) is 6.07 Å². The molecule has 1 aliphatic heterocycles. The fourth-order valence-corrected chi connectivity index (χ4v) is 2.15. The van der Waals surface area contributed by atoms with Crippen molar-refractivity contribution in [2.24, 2.45) is 5.73 Å². The molecule has 25 heavy (non-hydrogen) atoms. The predicted molar refractivity (Wildman–Crippen MR) is 102 cm³/mol. The molecule has 1 aromatic carbocycles. The number of nitrogens with two attached hydrogens (primary N) is 1. The van der Waals surface area contributed by atoms with Crippen LogP contribution in [-0.2, 0) is 4.79 Å². The molecule has 2 heterocycles. The zero-order chi connectivity index (χ0) is 16.4. The molecule has 3 rings (SSSR count). The second-order valence-corrected chi connectivity index (χ2v) is 5.94. The average Bonchev–Trinajstić information content (AvgIpc) is 2.54. The van der Waals surface area contributed by atoms with Gasteiger partial charge in [-0.25, -0.2) is 4.98 Å². The Morgan fingerprint density at radius 1 is 1.12 bits per heavy atom. The number of pyridine rings is 1. The smallest absolute Gasteiger partial charge is 0.245 e. The largest absolute Gasteiger partial charge is 0.486 e. The molecule has 1 aliphatic rings. The highest BCUT2D eigenvalue weighted by molar-refractivity contribution is 5.96. The Morgan fingerprint density at radius 3 is 2.48 bits per heavy atom. The summed E-state index contributed by atoms with van der Waals surface area (Å²) in [5.74, 6) is 1.60. The Morgan fingerprint density at radius 2 is 1.80 bits per heavy atom. The van der Waals surface area contributed by atoms with E-state index in [0.29, 0.717) is 24.8 Å². The number of halogens is 2. The standard InChI is InChI=1S/C17H19N3O3.2ClH/c1-17(2,18)16(21)20-15-5-3-4-12(19-15)11-6-7-13-14(10-11)23-9-8-22-13;;/h3-7,10H,8-9,18H2,1-2H3,(H,19,20,21);2*1H. The first-order valence-electron chi connectivity index (χ1n) is 7.41. The number of aromatic nitrogens is 1. The van der Waals surface area contributed by atoms with Crippen molar-refractivity contribution in [1.29, 1.82) is 0 Å². The van der Waals surface area contributed by atoms with Crippen molar-refractivity contribution >= 4 is 36.5 Å². The first-order chi connectivity index (χ1) is 10.9. The molecule has 3 N–H and O–H groups in total. The van der Waals surface area contributed by atoms with Gasteiger partial charge in [0.1, 0.15) is 19.0 Å². The lowest BCUT2D eigenvalue weighted by Crippen LogP contribution is -2.45. The van der Waals surface area contributed by atoms with Crippen LogP contribution >= 0.6 is 24.8 Å². The molecular weight excluding hydrogens is 365 g/mol. The average molecular weight is 386 g/mol. The van der Waals surface area contributed by atoms with Crippen LogP contribution in [0.3, 0.4) is 0 Å². The van der Waals surface area contributed by atoms with Crippen molar-refractivity contribution in [2.75, 3.05) is 18.5 Å². The topological polar surface area (TPSA) is 86.5 Å². The highest BCUT2D eigenvalue weighted by atomic mass is 35.5. The second kappa shape index (κ2) is 8.38. The van der Waals surface area contributed by atoms with Crippen LogP contribution < -0.4 is 20.5 Å². The molecule has 0 aliphatic carbocycles. The molecule has 0 saturated heterocycles. The lowest BCUT2D eigenvalue weighted by atomic mass is 10.1. The molecule has 0 atom stereocenters. The van der Waals surface area contributed by atoms with E-state index in [1.807, 2.05) is 30.3 Å². The maximum absolute atomic E-state index is 12.0. The molecule has 8 heteroatoms. The van der Waals surface area contributed by atoms with E-state index in [1.165, 1.54) is 0 Å². The molecule has 0 saturated carbocycles. The molecule has 136 valence electrons. The minimum absolute atomic E-state index is 0. The second-order valence-electron chi connectivity index (χ2n) is 5.94. The number of ether oxygens (including phenoxy) is 2. The fraction of sp³-hybridized carbons (Fsp3) is 0.294. The van der Waals surface area contributed by atoms with Crippen LogP contribution in [-0.4, -0.2) is 29.6 Å². The normalized spacial score (nSPS) is 12.4. The van der Waals surface area contributed by atoms with E-state index >= 15 is 0 Å². The number of hydrogen-bond acceptors (Lipinski definition) is 5. The molecule has 1 aromatic heterocycles. The molecule has 0 fully saturated rings. The van der Waals surface area contributed by atoms with E-state index in [9.17, 15) is 4.79 Å². The number of carbonyl (C=O) groups is 1. The fourth-order valence-electron chi connectivity index (χ4n) is 2.15. The summed E-state index contributed by atoms with van der Waals surface area (Å²) in [6, 6.07) is 11.1. The molecule has 0 radical (unpaired) electrons. The van der Waals surface area contributed by atoms with Gasteiger partial charge in [0.05, 0.1) is 11.2 Å². The Bertz CT molecular complexity index is 748. The summed E-state index contributed by atoms with van der Waals surface area (Å²) in [4.78, 5) is 16.4. The number of carbonyl (C=O) groups excluding carboxylic acids is 1. The van der Waals surface area contributed by atoms with Gasteiger partial charge in [-0.05, 0) is 44.2 Å². The summed E-state index contributed by atoms with van der Waals surface area (Å²) >= 11 is 0. The summed E-state index contributed by atoms with van der Waals surface area (Å²) in [7, 11) is 0.